The standard InChI is InChI=1S/C21H20ClFN2O/c1-3-4-9-26-13(2)20-18-7-5-14(10-15(18)12-25-21(20)24)17-8-6-16(23)11-19(17)22/h5-8,10-12H,2-4,9H2,1H3,(H2,24,25). The average molecular weight is 371 g/mol. The van der Waals surface area contributed by atoms with Crippen molar-refractivity contribution in [1.29, 1.82) is 0 Å². The summed E-state index contributed by atoms with van der Waals surface area (Å²) in [5, 5.41) is 2.15. The predicted octanol–water partition coefficient (Wildman–Crippen LogP) is 6.06. The molecule has 0 aliphatic heterocycles. The van der Waals surface area contributed by atoms with Crippen molar-refractivity contribution in [3.63, 3.8) is 0 Å². The summed E-state index contributed by atoms with van der Waals surface area (Å²) < 4.78 is 19.0. The van der Waals surface area contributed by atoms with Crippen LogP contribution < -0.4 is 5.73 Å². The monoisotopic (exact) mass is 370 g/mol. The zero-order chi connectivity index (χ0) is 18.7. The number of hydrogen-bond acceptors (Lipinski definition) is 3. The van der Waals surface area contributed by atoms with E-state index in [2.05, 4.69) is 18.5 Å². The third-order valence-electron chi connectivity index (χ3n) is 4.21. The van der Waals surface area contributed by atoms with Crippen molar-refractivity contribution in [3.8, 4) is 11.1 Å². The Morgan fingerprint density at radius 2 is 2.08 bits per heavy atom. The Bertz CT molecular complexity index is 972. The smallest absolute Gasteiger partial charge is 0.135 e. The molecule has 0 unspecified atom stereocenters. The highest BCUT2D eigenvalue weighted by atomic mass is 35.5. The van der Waals surface area contributed by atoms with Crippen LogP contribution in [0.2, 0.25) is 5.02 Å². The van der Waals surface area contributed by atoms with Gasteiger partial charge in [-0.2, -0.15) is 0 Å². The normalized spacial score (nSPS) is 10.9. The number of nitrogens with two attached hydrogens (primary N) is 1. The van der Waals surface area contributed by atoms with Gasteiger partial charge >= 0.3 is 0 Å². The fourth-order valence-electron chi connectivity index (χ4n) is 2.83. The van der Waals surface area contributed by atoms with Crippen molar-refractivity contribution >= 4 is 34.0 Å². The number of pyridine rings is 1. The molecule has 1 aromatic heterocycles. The van der Waals surface area contributed by atoms with Crippen molar-refractivity contribution in [1.82, 2.24) is 4.98 Å². The van der Waals surface area contributed by atoms with Crippen LogP contribution in [0.4, 0.5) is 10.2 Å². The van der Waals surface area contributed by atoms with Gasteiger partial charge in [-0.15, -0.1) is 0 Å². The van der Waals surface area contributed by atoms with Crippen LogP contribution >= 0.6 is 11.6 Å². The summed E-state index contributed by atoms with van der Waals surface area (Å²) in [4.78, 5) is 4.27. The van der Waals surface area contributed by atoms with Crippen LogP contribution in [0.15, 0.2) is 49.2 Å². The number of anilines is 1. The van der Waals surface area contributed by atoms with Crippen LogP contribution in [0, 0.1) is 5.82 Å². The van der Waals surface area contributed by atoms with E-state index >= 15 is 0 Å². The van der Waals surface area contributed by atoms with Gasteiger partial charge in [-0.05, 0) is 41.6 Å². The van der Waals surface area contributed by atoms with Gasteiger partial charge in [-0.3, -0.25) is 0 Å². The van der Waals surface area contributed by atoms with Crippen LogP contribution in [0.25, 0.3) is 27.7 Å². The average Bonchev–Trinajstić information content (AvgIpc) is 2.61. The summed E-state index contributed by atoms with van der Waals surface area (Å²) in [6, 6.07) is 10.2. The first kappa shape index (κ1) is 18.2. The largest absolute Gasteiger partial charge is 0.493 e. The molecule has 0 atom stereocenters. The maximum atomic E-state index is 13.3. The van der Waals surface area contributed by atoms with Gasteiger partial charge in [-0.25, -0.2) is 9.37 Å². The highest BCUT2D eigenvalue weighted by molar-refractivity contribution is 6.33. The molecule has 0 spiro atoms. The summed E-state index contributed by atoms with van der Waals surface area (Å²) in [5.74, 6) is 0.532. The highest BCUT2D eigenvalue weighted by Crippen LogP contribution is 2.34. The molecule has 0 radical (unpaired) electrons. The van der Waals surface area contributed by atoms with E-state index in [1.165, 1.54) is 12.1 Å². The number of fused-ring (bicyclic) bond motifs is 1. The lowest BCUT2D eigenvalue weighted by atomic mass is 9.99. The van der Waals surface area contributed by atoms with E-state index in [0.29, 0.717) is 28.8 Å². The highest BCUT2D eigenvalue weighted by Gasteiger charge is 2.13. The Balaban J connectivity index is 2.04. The van der Waals surface area contributed by atoms with Gasteiger partial charge in [0.2, 0.25) is 0 Å². The number of rotatable bonds is 6. The Morgan fingerprint density at radius 3 is 2.81 bits per heavy atom. The number of aromatic nitrogens is 1. The molecule has 26 heavy (non-hydrogen) atoms. The first-order chi connectivity index (χ1) is 12.5. The number of benzene rings is 2. The molecular weight excluding hydrogens is 351 g/mol. The molecule has 2 N–H and O–H groups in total. The van der Waals surface area contributed by atoms with Gasteiger partial charge in [0.05, 0.1) is 17.2 Å². The molecule has 0 aliphatic rings. The van der Waals surface area contributed by atoms with Crippen molar-refractivity contribution in [2.45, 2.75) is 19.8 Å². The Morgan fingerprint density at radius 1 is 1.27 bits per heavy atom. The number of nitrogens with zero attached hydrogens (tertiary/aromatic N) is 1. The summed E-state index contributed by atoms with van der Waals surface area (Å²) >= 11 is 6.18. The van der Waals surface area contributed by atoms with Gasteiger partial charge in [0.1, 0.15) is 17.4 Å². The molecule has 0 bridgehead atoms. The minimum absolute atomic E-state index is 0.361. The van der Waals surface area contributed by atoms with Crippen molar-refractivity contribution in [2.24, 2.45) is 0 Å². The second-order valence-corrected chi connectivity index (χ2v) is 6.48. The topological polar surface area (TPSA) is 48.1 Å². The molecule has 0 fully saturated rings. The fraction of sp³-hybridized carbons (Fsp3) is 0.190. The molecule has 2 aromatic carbocycles. The van der Waals surface area contributed by atoms with Crippen LogP contribution in [-0.2, 0) is 4.74 Å². The quantitative estimate of drug-likeness (QED) is 0.423. The molecular formula is C21H20ClFN2O. The minimum Gasteiger partial charge on any atom is -0.493 e. The molecule has 134 valence electrons. The van der Waals surface area contributed by atoms with E-state index < -0.39 is 0 Å². The lowest BCUT2D eigenvalue weighted by molar-refractivity contribution is 0.271. The molecule has 0 amide bonds. The second-order valence-electron chi connectivity index (χ2n) is 6.07. The zero-order valence-electron chi connectivity index (χ0n) is 14.6. The lowest BCUT2D eigenvalue weighted by Gasteiger charge is -2.14. The minimum atomic E-state index is -0.364. The van der Waals surface area contributed by atoms with Crippen molar-refractivity contribution in [3.05, 3.63) is 65.6 Å². The van der Waals surface area contributed by atoms with E-state index in [1.54, 1.807) is 12.3 Å². The second kappa shape index (κ2) is 7.75. The Hall–Kier alpha value is -2.59. The first-order valence-electron chi connectivity index (χ1n) is 8.47. The number of ether oxygens (including phenoxy) is 1. The van der Waals surface area contributed by atoms with E-state index in [-0.39, 0.29) is 5.82 Å². The SMILES string of the molecule is C=C(OCCCC)c1c(N)ncc2cc(-c3ccc(F)cc3Cl)ccc12. The van der Waals surface area contributed by atoms with E-state index in [1.807, 2.05) is 18.2 Å². The summed E-state index contributed by atoms with van der Waals surface area (Å²) in [6.07, 6.45) is 3.69. The number of hydrogen-bond donors (Lipinski definition) is 1. The molecule has 3 rings (SSSR count). The molecule has 1 heterocycles. The molecule has 0 saturated heterocycles. The van der Waals surface area contributed by atoms with Crippen LogP contribution in [0.3, 0.4) is 0 Å². The third-order valence-corrected chi connectivity index (χ3v) is 4.53. The maximum Gasteiger partial charge on any atom is 0.135 e. The van der Waals surface area contributed by atoms with E-state index in [0.717, 1.165) is 34.7 Å². The maximum absolute atomic E-state index is 13.3. The Kier molecular flexibility index (Phi) is 5.43. The van der Waals surface area contributed by atoms with Gasteiger partial charge in [0.25, 0.3) is 0 Å². The number of nitrogen functional groups attached to an aromatic ring is 1. The van der Waals surface area contributed by atoms with E-state index in [9.17, 15) is 4.39 Å². The molecule has 0 saturated carbocycles. The van der Waals surface area contributed by atoms with Crippen molar-refractivity contribution in [2.75, 3.05) is 12.3 Å². The summed E-state index contributed by atoms with van der Waals surface area (Å²) in [7, 11) is 0. The molecule has 5 heteroatoms. The lowest BCUT2D eigenvalue weighted by Crippen LogP contribution is -2.01. The summed E-state index contributed by atoms with van der Waals surface area (Å²) in [5.41, 5.74) is 8.40. The van der Waals surface area contributed by atoms with Crippen LogP contribution in [0.1, 0.15) is 25.3 Å². The van der Waals surface area contributed by atoms with Gasteiger partial charge in [0, 0.05) is 17.1 Å². The van der Waals surface area contributed by atoms with Gasteiger partial charge in [0.15, 0.2) is 0 Å². The Labute approximate surface area is 157 Å². The van der Waals surface area contributed by atoms with E-state index in [4.69, 9.17) is 22.1 Å². The number of unbranched alkanes of at least 4 members (excludes halogenated alkanes) is 1. The zero-order valence-corrected chi connectivity index (χ0v) is 15.3. The molecule has 0 aliphatic carbocycles. The third kappa shape index (κ3) is 3.65. The predicted molar refractivity (Wildman–Crippen MR) is 106 cm³/mol. The van der Waals surface area contributed by atoms with Crippen LogP contribution in [-0.4, -0.2) is 11.6 Å². The van der Waals surface area contributed by atoms with Crippen molar-refractivity contribution < 1.29 is 9.13 Å². The summed E-state index contributed by atoms with van der Waals surface area (Å²) in [6.45, 7) is 6.70. The van der Waals surface area contributed by atoms with Crippen LogP contribution in [0.5, 0.6) is 0 Å². The van der Waals surface area contributed by atoms with Gasteiger partial charge in [-0.1, -0.05) is 43.7 Å². The first-order valence-corrected chi connectivity index (χ1v) is 8.84. The fourth-order valence-corrected chi connectivity index (χ4v) is 3.11. The molecule has 3 aromatic rings. The molecule has 3 nitrogen and oxygen atoms in total. The van der Waals surface area contributed by atoms with Gasteiger partial charge < -0.3 is 10.5 Å². The number of halogens is 2.